The van der Waals surface area contributed by atoms with Crippen molar-refractivity contribution < 1.29 is 53.1 Å². The molecule has 0 aromatic carbocycles. The minimum Gasteiger partial charge on any atom is -0.462 e. The molecule has 4 fully saturated rings. The molecule has 11 atom stereocenters. The van der Waals surface area contributed by atoms with Crippen LogP contribution in [-0.2, 0) is 38.1 Å². The van der Waals surface area contributed by atoms with E-state index in [-0.39, 0.29) is 30.4 Å². The minimum absolute atomic E-state index is 0.0265. The number of Topliss-reactive ketones (excluding diaryl/α,β-unsaturated/α-hetero) is 1. The Labute approximate surface area is 286 Å². The SMILES string of the molecule is C/C=C(/C)C(=O)O[C@@H]1C2[C@H](OC(=O)CCC)[C@H](C)CC23C(=O)C(C2C(C)(C)[C@]2(OC(C)=O)C[C@]3(C)OC(=O)c2cccnc2)[C@@H](O)[C@@H]1CO. The van der Waals surface area contributed by atoms with Gasteiger partial charge in [-0.15, -0.1) is 0 Å². The predicted octanol–water partition coefficient (Wildman–Crippen LogP) is 3.76. The number of aliphatic hydroxyl groups is 2. The first-order valence-corrected chi connectivity index (χ1v) is 17.2. The van der Waals surface area contributed by atoms with Gasteiger partial charge < -0.3 is 29.2 Å². The molecule has 1 aromatic heterocycles. The van der Waals surface area contributed by atoms with Crippen LogP contribution in [0.2, 0.25) is 0 Å². The van der Waals surface area contributed by atoms with Gasteiger partial charge in [0, 0.05) is 55.0 Å². The summed E-state index contributed by atoms with van der Waals surface area (Å²) >= 11 is 0. The fourth-order valence-corrected chi connectivity index (χ4v) is 9.75. The molecule has 4 aliphatic rings. The highest BCUT2D eigenvalue weighted by atomic mass is 16.6. The standard InChI is InChI=1S/C37H49NO11/c1-9-12-24(41)46-28-20(4)15-36-26(28)29(47-32(44)19(3)10-2)23(17-39)27(42)25(31(36)43)30-34(6,7)37(30,48-21(5)40)18-35(36,8)49-33(45)22-13-11-14-38-16-22/h10-11,13-14,16,20,23,25-30,39,42H,9,12,15,17-18H2,1-8H3/b19-10-/t20-,23+,25?,26?,27+,28-,29+,30?,35+,36?,37+/m1/s1. The summed E-state index contributed by atoms with van der Waals surface area (Å²) in [4.78, 5) is 73.2. The van der Waals surface area contributed by atoms with E-state index in [1.54, 1.807) is 32.9 Å². The fourth-order valence-electron chi connectivity index (χ4n) is 9.75. The highest BCUT2D eigenvalue weighted by Gasteiger charge is 2.87. The fraction of sp³-hybridized carbons (Fsp3) is 0.676. The molecule has 4 aliphatic carbocycles. The second-order valence-electron chi connectivity index (χ2n) is 15.2. The third-order valence-electron chi connectivity index (χ3n) is 12.1. The van der Waals surface area contributed by atoms with Crippen molar-refractivity contribution in [3.05, 3.63) is 41.7 Å². The Hall–Kier alpha value is -3.64. The van der Waals surface area contributed by atoms with E-state index in [0.29, 0.717) is 6.42 Å². The Morgan fingerprint density at radius 1 is 1.08 bits per heavy atom. The van der Waals surface area contributed by atoms with Crippen LogP contribution in [0.1, 0.15) is 91.4 Å². The molecule has 2 bridgehead atoms. The Morgan fingerprint density at radius 2 is 1.78 bits per heavy atom. The Balaban J connectivity index is 1.83. The second kappa shape index (κ2) is 12.9. The topological polar surface area (TPSA) is 176 Å². The molecule has 2 N–H and O–H groups in total. The number of hydrogen-bond acceptors (Lipinski definition) is 12. The van der Waals surface area contributed by atoms with E-state index in [2.05, 4.69) is 4.98 Å². The molecule has 49 heavy (non-hydrogen) atoms. The van der Waals surface area contributed by atoms with E-state index in [9.17, 15) is 29.4 Å². The zero-order valence-electron chi connectivity index (χ0n) is 29.6. The van der Waals surface area contributed by atoms with Crippen molar-refractivity contribution in [3.63, 3.8) is 0 Å². The average molecular weight is 684 g/mol. The Kier molecular flexibility index (Phi) is 9.66. The smallest absolute Gasteiger partial charge is 0.340 e. The van der Waals surface area contributed by atoms with E-state index >= 15 is 4.79 Å². The number of pyridine rings is 1. The minimum atomic E-state index is -1.78. The average Bonchev–Trinajstić information content (AvgIpc) is 3.35. The molecule has 0 radical (unpaired) electrons. The summed E-state index contributed by atoms with van der Waals surface area (Å²) in [5.74, 6) is -8.00. The molecule has 4 unspecified atom stereocenters. The number of carbonyl (C=O) groups excluding carboxylic acids is 5. The number of rotatable bonds is 9. The van der Waals surface area contributed by atoms with Gasteiger partial charge >= 0.3 is 23.9 Å². The van der Waals surface area contributed by atoms with Gasteiger partial charge in [-0.05, 0) is 51.7 Å². The number of allylic oxidation sites excluding steroid dienone is 1. The number of aromatic nitrogens is 1. The number of fused-ring (bicyclic) bond motifs is 3. The summed E-state index contributed by atoms with van der Waals surface area (Å²) in [5.41, 5.74) is -5.38. The molecule has 1 heterocycles. The molecule has 12 heteroatoms. The second-order valence-corrected chi connectivity index (χ2v) is 15.2. The van der Waals surface area contributed by atoms with Gasteiger partial charge in [0.2, 0.25) is 0 Å². The normalized spacial score (nSPS) is 39.0. The van der Waals surface area contributed by atoms with Crippen molar-refractivity contribution in [2.45, 2.75) is 111 Å². The number of esters is 4. The zero-order chi connectivity index (χ0) is 36.3. The van der Waals surface area contributed by atoms with Crippen LogP contribution < -0.4 is 0 Å². The molecular formula is C37H49NO11. The highest BCUT2D eigenvalue weighted by molar-refractivity contribution is 5.95. The van der Waals surface area contributed by atoms with Crippen LogP contribution in [0, 0.1) is 40.4 Å². The summed E-state index contributed by atoms with van der Waals surface area (Å²) < 4.78 is 25.0. The van der Waals surface area contributed by atoms with Crippen molar-refractivity contribution in [2.24, 2.45) is 40.4 Å². The van der Waals surface area contributed by atoms with Crippen LogP contribution in [-0.4, -0.2) is 81.0 Å². The first-order valence-electron chi connectivity index (χ1n) is 17.2. The molecule has 0 saturated heterocycles. The van der Waals surface area contributed by atoms with Gasteiger partial charge in [-0.2, -0.15) is 0 Å². The number of aliphatic hydroxyl groups excluding tert-OH is 2. The summed E-state index contributed by atoms with van der Waals surface area (Å²) in [6, 6.07) is 3.10. The summed E-state index contributed by atoms with van der Waals surface area (Å²) in [6.45, 7) is 12.7. The molecule has 0 amide bonds. The summed E-state index contributed by atoms with van der Waals surface area (Å²) in [5, 5.41) is 23.2. The maximum absolute atomic E-state index is 15.7. The lowest BCUT2D eigenvalue weighted by Crippen LogP contribution is -2.61. The molecule has 4 saturated carbocycles. The van der Waals surface area contributed by atoms with Gasteiger partial charge in [-0.3, -0.25) is 19.4 Å². The van der Waals surface area contributed by atoms with E-state index in [0.717, 1.165) is 0 Å². The number of carbonyl (C=O) groups is 5. The largest absolute Gasteiger partial charge is 0.462 e. The molecule has 5 rings (SSSR count). The third kappa shape index (κ3) is 5.49. The monoisotopic (exact) mass is 683 g/mol. The van der Waals surface area contributed by atoms with Crippen LogP contribution in [0.5, 0.6) is 0 Å². The van der Waals surface area contributed by atoms with Crippen LogP contribution in [0.3, 0.4) is 0 Å². The van der Waals surface area contributed by atoms with Crippen LogP contribution in [0.25, 0.3) is 0 Å². The van der Waals surface area contributed by atoms with E-state index in [1.165, 1.54) is 25.4 Å². The van der Waals surface area contributed by atoms with Crippen LogP contribution in [0.4, 0.5) is 0 Å². The number of ketones is 1. The van der Waals surface area contributed by atoms with Crippen molar-refractivity contribution >= 4 is 29.7 Å². The molecular weight excluding hydrogens is 634 g/mol. The lowest BCUT2D eigenvalue weighted by molar-refractivity contribution is -0.194. The van der Waals surface area contributed by atoms with Gasteiger partial charge in [0.15, 0.2) is 0 Å². The molecule has 268 valence electrons. The maximum Gasteiger partial charge on any atom is 0.340 e. The van der Waals surface area contributed by atoms with Gasteiger partial charge in [0.1, 0.15) is 29.2 Å². The number of nitrogens with zero attached hydrogens (tertiary/aromatic N) is 1. The summed E-state index contributed by atoms with van der Waals surface area (Å²) in [6.07, 6.45) is 0.935. The number of ether oxygens (including phenoxy) is 4. The molecule has 12 nitrogen and oxygen atoms in total. The molecule has 0 aliphatic heterocycles. The lowest BCUT2D eigenvalue weighted by Gasteiger charge is -2.50. The van der Waals surface area contributed by atoms with Crippen molar-refractivity contribution in [3.8, 4) is 0 Å². The van der Waals surface area contributed by atoms with E-state index in [1.807, 2.05) is 27.7 Å². The first kappa shape index (κ1) is 36.6. The van der Waals surface area contributed by atoms with Gasteiger partial charge in [0.25, 0.3) is 0 Å². The first-order chi connectivity index (χ1) is 23.0. The van der Waals surface area contributed by atoms with Gasteiger partial charge in [0.05, 0.1) is 35.5 Å². The number of hydrogen-bond donors (Lipinski definition) is 2. The quantitative estimate of drug-likeness (QED) is 0.219. The van der Waals surface area contributed by atoms with E-state index < -0.39 is 106 Å². The Morgan fingerprint density at radius 3 is 2.35 bits per heavy atom. The van der Waals surface area contributed by atoms with Crippen molar-refractivity contribution in [1.82, 2.24) is 4.98 Å². The van der Waals surface area contributed by atoms with E-state index in [4.69, 9.17) is 18.9 Å². The van der Waals surface area contributed by atoms with Crippen molar-refractivity contribution in [1.29, 1.82) is 0 Å². The van der Waals surface area contributed by atoms with Crippen LogP contribution >= 0.6 is 0 Å². The van der Waals surface area contributed by atoms with Crippen LogP contribution in [0.15, 0.2) is 36.2 Å². The predicted molar refractivity (Wildman–Crippen MR) is 173 cm³/mol. The highest BCUT2D eigenvalue weighted by Crippen LogP contribution is 2.77. The van der Waals surface area contributed by atoms with Gasteiger partial charge in [-0.1, -0.05) is 33.8 Å². The van der Waals surface area contributed by atoms with Crippen molar-refractivity contribution in [2.75, 3.05) is 6.61 Å². The maximum atomic E-state index is 15.7. The molecule has 1 spiro atoms. The van der Waals surface area contributed by atoms with Gasteiger partial charge in [-0.25, -0.2) is 9.59 Å². The lowest BCUT2D eigenvalue weighted by atomic mass is 9.58. The zero-order valence-corrected chi connectivity index (χ0v) is 29.6. The Bertz CT molecular complexity index is 1540. The third-order valence-corrected chi connectivity index (χ3v) is 12.1. The molecule has 1 aromatic rings. The summed E-state index contributed by atoms with van der Waals surface area (Å²) in [7, 11) is 0.